The number of aliphatic imine (C=N–C) groups is 1. The summed E-state index contributed by atoms with van der Waals surface area (Å²) in [6.45, 7) is 14.0. The van der Waals surface area contributed by atoms with Gasteiger partial charge in [0.25, 0.3) is 0 Å². The molecular weight excluding hydrogens is 262 g/mol. The Bertz CT molecular complexity index is 284. The second-order valence-corrected chi connectivity index (χ2v) is 6.04. The zero-order valence-corrected chi connectivity index (χ0v) is 13.8. The SMILES string of the molecule is C=NCC(NCCN/C=C/NCN1CCCCC1)C(C)C. The number of rotatable bonds is 11. The molecule has 1 aliphatic rings. The molecule has 1 aliphatic heterocycles. The zero-order valence-electron chi connectivity index (χ0n) is 13.8. The average molecular weight is 295 g/mol. The van der Waals surface area contributed by atoms with Crippen molar-refractivity contribution >= 4 is 6.72 Å². The van der Waals surface area contributed by atoms with Crippen LogP contribution in [0.25, 0.3) is 0 Å². The summed E-state index contributed by atoms with van der Waals surface area (Å²) in [5.74, 6) is 0.581. The van der Waals surface area contributed by atoms with E-state index >= 15 is 0 Å². The number of nitrogens with zero attached hydrogens (tertiary/aromatic N) is 2. The molecule has 5 heteroatoms. The van der Waals surface area contributed by atoms with Crippen LogP contribution in [0, 0.1) is 5.92 Å². The van der Waals surface area contributed by atoms with Gasteiger partial charge in [-0.1, -0.05) is 20.3 Å². The van der Waals surface area contributed by atoms with Crippen molar-refractivity contribution in [2.24, 2.45) is 10.9 Å². The highest BCUT2D eigenvalue weighted by Crippen LogP contribution is 2.06. The van der Waals surface area contributed by atoms with Gasteiger partial charge in [-0.05, 0) is 38.6 Å². The molecule has 21 heavy (non-hydrogen) atoms. The summed E-state index contributed by atoms with van der Waals surface area (Å²) in [7, 11) is 0. The number of nitrogens with one attached hydrogen (secondary N) is 3. The Morgan fingerprint density at radius 3 is 2.48 bits per heavy atom. The molecule has 1 saturated heterocycles. The van der Waals surface area contributed by atoms with Crippen LogP contribution in [0.5, 0.6) is 0 Å². The molecule has 3 N–H and O–H groups in total. The highest BCUT2D eigenvalue weighted by molar-refractivity contribution is 5.23. The summed E-state index contributed by atoms with van der Waals surface area (Å²) in [6.07, 6.45) is 8.05. The first-order chi connectivity index (χ1) is 10.2. The van der Waals surface area contributed by atoms with Crippen molar-refractivity contribution in [1.29, 1.82) is 0 Å². The van der Waals surface area contributed by atoms with E-state index in [2.05, 4.69) is 46.4 Å². The van der Waals surface area contributed by atoms with Crippen molar-refractivity contribution in [2.75, 3.05) is 39.4 Å². The highest BCUT2D eigenvalue weighted by atomic mass is 15.2. The number of likely N-dealkylation sites (tertiary alicyclic amines) is 1. The molecule has 0 bridgehead atoms. The Labute approximate surface area is 130 Å². The van der Waals surface area contributed by atoms with E-state index in [1.165, 1.54) is 32.4 Å². The lowest BCUT2D eigenvalue weighted by molar-refractivity contribution is 0.221. The van der Waals surface area contributed by atoms with Gasteiger partial charge >= 0.3 is 0 Å². The Hall–Kier alpha value is -1.07. The first kappa shape index (κ1) is 18.0. The molecule has 1 heterocycles. The molecule has 1 rings (SSSR count). The monoisotopic (exact) mass is 295 g/mol. The normalized spacial score (nSPS) is 18.0. The molecule has 1 atom stereocenters. The van der Waals surface area contributed by atoms with Gasteiger partial charge in [-0.25, -0.2) is 0 Å². The van der Waals surface area contributed by atoms with Crippen molar-refractivity contribution in [2.45, 2.75) is 39.2 Å². The van der Waals surface area contributed by atoms with E-state index in [9.17, 15) is 0 Å². The van der Waals surface area contributed by atoms with Crippen molar-refractivity contribution in [3.63, 3.8) is 0 Å². The largest absolute Gasteiger partial charge is 0.388 e. The summed E-state index contributed by atoms with van der Waals surface area (Å²) >= 11 is 0. The molecule has 0 spiro atoms. The van der Waals surface area contributed by atoms with Gasteiger partial charge in [-0.3, -0.25) is 9.89 Å². The van der Waals surface area contributed by atoms with Gasteiger partial charge in [0.2, 0.25) is 0 Å². The molecule has 1 unspecified atom stereocenters. The molecule has 5 nitrogen and oxygen atoms in total. The maximum Gasteiger partial charge on any atom is 0.0673 e. The maximum atomic E-state index is 3.98. The van der Waals surface area contributed by atoms with Crippen LogP contribution < -0.4 is 16.0 Å². The minimum atomic E-state index is 0.422. The quantitative estimate of drug-likeness (QED) is 0.398. The molecule has 0 aliphatic carbocycles. The maximum absolute atomic E-state index is 3.98. The smallest absolute Gasteiger partial charge is 0.0673 e. The predicted octanol–water partition coefficient (Wildman–Crippen LogP) is 1.40. The van der Waals surface area contributed by atoms with Gasteiger partial charge in [-0.2, -0.15) is 0 Å². The highest BCUT2D eigenvalue weighted by Gasteiger charge is 2.10. The lowest BCUT2D eigenvalue weighted by Gasteiger charge is -2.26. The van der Waals surface area contributed by atoms with Crippen LogP contribution in [0.4, 0.5) is 0 Å². The molecule has 0 aromatic carbocycles. The van der Waals surface area contributed by atoms with Crippen molar-refractivity contribution in [1.82, 2.24) is 20.9 Å². The number of hydrogen-bond acceptors (Lipinski definition) is 5. The van der Waals surface area contributed by atoms with E-state index in [4.69, 9.17) is 0 Å². The van der Waals surface area contributed by atoms with Crippen LogP contribution in [0.3, 0.4) is 0 Å². The van der Waals surface area contributed by atoms with Crippen molar-refractivity contribution in [3.8, 4) is 0 Å². The minimum Gasteiger partial charge on any atom is -0.388 e. The Morgan fingerprint density at radius 1 is 1.10 bits per heavy atom. The predicted molar refractivity (Wildman–Crippen MR) is 91.6 cm³/mol. The first-order valence-corrected chi connectivity index (χ1v) is 8.24. The fraction of sp³-hybridized carbons (Fsp3) is 0.812. The second-order valence-electron chi connectivity index (χ2n) is 6.04. The third-order valence-electron chi connectivity index (χ3n) is 3.89. The van der Waals surface area contributed by atoms with Crippen LogP contribution in [0.2, 0.25) is 0 Å². The second kappa shape index (κ2) is 11.6. The van der Waals surface area contributed by atoms with Crippen LogP contribution in [-0.4, -0.2) is 57.1 Å². The number of piperidine rings is 1. The molecule has 0 aromatic rings. The molecule has 0 radical (unpaired) electrons. The van der Waals surface area contributed by atoms with Gasteiger partial charge in [0.05, 0.1) is 13.2 Å². The van der Waals surface area contributed by atoms with Gasteiger partial charge < -0.3 is 16.0 Å². The van der Waals surface area contributed by atoms with Gasteiger partial charge in [0.15, 0.2) is 0 Å². The molecular formula is C16H33N5. The van der Waals surface area contributed by atoms with E-state index in [1.807, 2.05) is 12.4 Å². The third kappa shape index (κ3) is 8.73. The summed E-state index contributed by atoms with van der Waals surface area (Å²) in [5, 5.41) is 10.1. The van der Waals surface area contributed by atoms with E-state index in [0.717, 1.165) is 26.3 Å². The number of hydrogen-bond donors (Lipinski definition) is 3. The van der Waals surface area contributed by atoms with Crippen LogP contribution in [0.1, 0.15) is 33.1 Å². The zero-order chi connectivity index (χ0) is 15.3. The van der Waals surface area contributed by atoms with Crippen LogP contribution in [-0.2, 0) is 0 Å². The topological polar surface area (TPSA) is 51.7 Å². The molecule has 0 aromatic heterocycles. The first-order valence-electron chi connectivity index (χ1n) is 8.24. The van der Waals surface area contributed by atoms with Crippen molar-refractivity contribution < 1.29 is 0 Å². The lowest BCUT2D eigenvalue weighted by atomic mass is 10.1. The van der Waals surface area contributed by atoms with Crippen LogP contribution in [0.15, 0.2) is 17.4 Å². The van der Waals surface area contributed by atoms with Gasteiger partial charge in [0, 0.05) is 31.5 Å². The Morgan fingerprint density at radius 2 is 1.81 bits per heavy atom. The summed E-state index contributed by atoms with van der Waals surface area (Å²) in [4.78, 5) is 6.44. The summed E-state index contributed by atoms with van der Waals surface area (Å²) in [5.41, 5.74) is 0. The van der Waals surface area contributed by atoms with E-state index in [0.29, 0.717) is 12.0 Å². The summed E-state index contributed by atoms with van der Waals surface area (Å²) in [6, 6.07) is 0.422. The van der Waals surface area contributed by atoms with Gasteiger partial charge in [0.1, 0.15) is 0 Å². The molecule has 1 fully saturated rings. The Kier molecular flexibility index (Phi) is 9.91. The lowest BCUT2D eigenvalue weighted by Crippen LogP contribution is -2.39. The van der Waals surface area contributed by atoms with E-state index < -0.39 is 0 Å². The summed E-state index contributed by atoms with van der Waals surface area (Å²) < 4.78 is 0. The van der Waals surface area contributed by atoms with Crippen LogP contribution >= 0.6 is 0 Å². The standard InChI is InChI=1S/C16H33N5/c1-15(2)16(13-17-3)20-10-9-18-7-8-19-14-21-11-5-4-6-12-21/h7-8,15-16,18-20H,3-6,9-14H2,1-2H3/b8-7+. The Balaban J connectivity index is 1.97. The van der Waals surface area contributed by atoms with Gasteiger partial charge in [-0.15, -0.1) is 0 Å². The fourth-order valence-electron chi connectivity index (χ4n) is 2.48. The van der Waals surface area contributed by atoms with E-state index in [1.54, 1.807) is 0 Å². The van der Waals surface area contributed by atoms with Crippen molar-refractivity contribution in [3.05, 3.63) is 12.4 Å². The third-order valence-corrected chi connectivity index (χ3v) is 3.89. The van der Waals surface area contributed by atoms with E-state index in [-0.39, 0.29) is 0 Å². The average Bonchev–Trinajstić information content (AvgIpc) is 2.49. The minimum absolute atomic E-state index is 0.422. The molecule has 122 valence electrons. The molecule has 0 amide bonds. The fourth-order valence-corrected chi connectivity index (χ4v) is 2.48. The molecule has 0 saturated carbocycles.